The molecule has 0 radical (unpaired) electrons. The molecule has 0 saturated carbocycles. The predicted octanol–water partition coefficient (Wildman–Crippen LogP) is 2.71. The summed E-state index contributed by atoms with van der Waals surface area (Å²) in [6.07, 6.45) is 0. The summed E-state index contributed by atoms with van der Waals surface area (Å²) in [7, 11) is 3.97. The van der Waals surface area contributed by atoms with Crippen LogP contribution in [0.1, 0.15) is 5.56 Å². The summed E-state index contributed by atoms with van der Waals surface area (Å²) in [4.78, 5) is 2.00. The minimum absolute atomic E-state index is 0.815. The highest BCUT2D eigenvalue weighted by molar-refractivity contribution is 6.33. The Morgan fingerprint density at radius 1 is 1.27 bits per heavy atom. The Morgan fingerprint density at radius 3 is 2.36 bits per heavy atom. The summed E-state index contributed by atoms with van der Waals surface area (Å²) < 4.78 is 0. The SMILES string of the molecule is Cc1ccc(N(C)C)c(Cl)c1. The molecule has 0 aromatic heterocycles. The fourth-order valence-electron chi connectivity index (χ4n) is 0.975. The second-order valence-electron chi connectivity index (χ2n) is 2.85. The van der Waals surface area contributed by atoms with Crippen LogP contribution in [-0.2, 0) is 0 Å². The molecule has 11 heavy (non-hydrogen) atoms. The van der Waals surface area contributed by atoms with Gasteiger partial charge in [0.15, 0.2) is 0 Å². The van der Waals surface area contributed by atoms with Crippen molar-refractivity contribution in [3.63, 3.8) is 0 Å². The lowest BCUT2D eigenvalue weighted by Crippen LogP contribution is -2.08. The molecule has 0 amide bonds. The smallest absolute Gasteiger partial charge is 0.0642 e. The van der Waals surface area contributed by atoms with E-state index in [1.54, 1.807) is 0 Å². The maximum absolute atomic E-state index is 5.98. The van der Waals surface area contributed by atoms with Crippen molar-refractivity contribution in [1.29, 1.82) is 0 Å². The number of halogens is 1. The van der Waals surface area contributed by atoms with Crippen molar-refractivity contribution >= 4 is 17.3 Å². The van der Waals surface area contributed by atoms with Gasteiger partial charge in [-0.2, -0.15) is 0 Å². The fourth-order valence-corrected chi connectivity index (χ4v) is 1.38. The van der Waals surface area contributed by atoms with Crippen LogP contribution in [0, 0.1) is 6.92 Å². The standard InChI is InChI=1S/C9H12ClN/c1-7-4-5-9(11(2)3)8(10)6-7/h4-6H,1-3H3. The number of anilines is 1. The van der Waals surface area contributed by atoms with Crippen LogP contribution in [0.5, 0.6) is 0 Å². The van der Waals surface area contributed by atoms with Crippen molar-refractivity contribution in [2.75, 3.05) is 19.0 Å². The third kappa shape index (κ3) is 1.87. The van der Waals surface area contributed by atoms with E-state index < -0.39 is 0 Å². The average Bonchev–Trinajstić information content (AvgIpc) is 1.85. The molecule has 0 aliphatic heterocycles. The van der Waals surface area contributed by atoms with Crippen molar-refractivity contribution in [3.8, 4) is 0 Å². The predicted molar refractivity (Wildman–Crippen MR) is 50.5 cm³/mol. The zero-order valence-corrected chi connectivity index (χ0v) is 7.81. The van der Waals surface area contributed by atoms with E-state index in [1.165, 1.54) is 5.56 Å². The summed E-state index contributed by atoms with van der Waals surface area (Å²) in [6, 6.07) is 6.05. The maximum atomic E-state index is 5.98. The van der Waals surface area contributed by atoms with E-state index in [1.807, 2.05) is 38.1 Å². The molecule has 2 heteroatoms. The van der Waals surface area contributed by atoms with Gasteiger partial charge in [0.1, 0.15) is 0 Å². The third-order valence-electron chi connectivity index (χ3n) is 1.58. The molecule has 0 unspecified atom stereocenters. The molecule has 0 atom stereocenters. The van der Waals surface area contributed by atoms with Gasteiger partial charge in [0, 0.05) is 14.1 Å². The molecule has 0 fully saturated rings. The molecule has 0 aliphatic rings. The maximum Gasteiger partial charge on any atom is 0.0642 e. The molecule has 0 N–H and O–H groups in total. The molecular formula is C9H12ClN. The lowest BCUT2D eigenvalue weighted by molar-refractivity contribution is 1.13. The van der Waals surface area contributed by atoms with Crippen LogP contribution < -0.4 is 4.90 Å². The van der Waals surface area contributed by atoms with E-state index in [0.29, 0.717) is 0 Å². The van der Waals surface area contributed by atoms with Crippen molar-refractivity contribution < 1.29 is 0 Å². The lowest BCUT2D eigenvalue weighted by Gasteiger charge is -2.14. The summed E-state index contributed by atoms with van der Waals surface area (Å²) in [5.41, 5.74) is 2.26. The van der Waals surface area contributed by atoms with Gasteiger partial charge in [-0.3, -0.25) is 0 Å². The van der Waals surface area contributed by atoms with Crippen LogP contribution in [0.25, 0.3) is 0 Å². The molecule has 0 aliphatic carbocycles. The third-order valence-corrected chi connectivity index (χ3v) is 1.89. The topological polar surface area (TPSA) is 3.24 Å². The average molecular weight is 170 g/mol. The molecule has 60 valence electrons. The van der Waals surface area contributed by atoms with Gasteiger partial charge >= 0.3 is 0 Å². The van der Waals surface area contributed by atoms with E-state index in [2.05, 4.69) is 6.07 Å². The molecule has 1 aromatic carbocycles. The highest BCUT2D eigenvalue weighted by Gasteiger charge is 2.00. The van der Waals surface area contributed by atoms with Crippen LogP contribution >= 0.6 is 11.6 Å². The fraction of sp³-hybridized carbons (Fsp3) is 0.333. The van der Waals surface area contributed by atoms with E-state index in [4.69, 9.17) is 11.6 Å². The first-order valence-corrected chi connectivity index (χ1v) is 3.92. The van der Waals surface area contributed by atoms with Crippen LogP contribution in [0.3, 0.4) is 0 Å². The molecule has 0 heterocycles. The van der Waals surface area contributed by atoms with Gasteiger partial charge in [-0.15, -0.1) is 0 Å². The highest BCUT2D eigenvalue weighted by Crippen LogP contribution is 2.24. The monoisotopic (exact) mass is 169 g/mol. The summed E-state index contributed by atoms with van der Waals surface area (Å²) >= 11 is 5.98. The largest absolute Gasteiger partial charge is 0.376 e. The Bertz CT molecular complexity index is 256. The van der Waals surface area contributed by atoms with Crippen LogP contribution in [0.2, 0.25) is 5.02 Å². The van der Waals surface area contributed by atoms with Crippen LogP contribution in [0.4, 0.5) is 5.69 Å². The number of rotatable bonds is 1. The second-order valence-corrected chi connectivity index (χ2v) is 3.26. The number of benzene rings is 1. The Labute approximate surface area is 72.6 Å². The molecule has 1 rings (SSSR count). The molecule has 0 spiro atoms. The van der Waals surface area contributed by atoms with Gasteiger partial charge in [0.05, 0.1) is 10.7 Å². The molecule has 1 nitrogen and oxygen atoms in total. The summed E-state index contributed by atoms with van der Waals surface area (Å²) in [6.45, 7) is 2.03. The van der Waals surface area contributed by atoms with E-state index in [9.17, 15) is 0 Å². The van der Waals surface area contributed by atoms with Gasteiger partial charge in [-0.25, -0.2) is 0 Å². The quantitative estimate of drug-likeness (QED) is 0.625. The first kappa shape index (κ1) is 8.41. The van der Waals surface area contributed by atoms with Crippen molar-refractivity contribution in [2.24, 2.45) is 0 Å². The minimum Gasteiger partial charge on any atom is -0.376 e. The minimum atomic E-state index is 0.815. The van der Waals surface area contributed by atoms with Gasteiger partial charge < -0.3 is 4.90 Å². The summed E-state index contributed by atoms with van der Waals surface area (Å²) in [5, 5.41) is 0.815. The van der Waals surface area contributed by atoms with Crippen molar-refractivity contribution in [3.05, 3.63) is 28.8 Å². The molecule has 0 saturated heterocycles. The summed E-state index contributed by atoms with van der Waals surface area (Å²) in [5.74, 6) is 0. The van der Waals surface area contributed by atoms with E-state index in [0.717, 1.165) is 10.7 Å². The number of aryl methyl sites for hydroxylation is 1. The zero-order valence-electron chi connectivity index (χ0n) is 7.06. The van der Waals surface area contributed by atoms with E-state index in [-0.39, 0.29) is 0 Å². The lowest BCUT2D eigenvalue weighted by atomic mass is 10.2. The Morgan fingerprint density at radius 2 is 1.91 bits per heavy atom. The van der Waals surface area contributed by atoms with Crippen LogP contribution in [0.15, 0.2) is 18.2 Å². The van der Waals surface area contributed by atoms with E-state index >= 15 is 0 Å². The van der Waals surface area contributed by atoms with Crippen LogP contribution in [-0.4, -0.2) is 14.1 Å². The Kier molecular flexibility index (Phi) is 2.40. The van der Waals surface area contributed by atoms with Gasteiger partial charge in [-0.05, 0) is 24.6 Å². The highest BCUT2D eigenvalue weighted by atomic mass is 35.5. The van der Waals surface area contributed by atoms with Gasteiger partial charge in [0.25, 0.3) is 0 Å². The normalized spacial score (nSPS) is 9.82. The number of hydrogen-bond donors (Lipinski definition) is 0. The first-order chi connectivity index (χ1) is 5.11. The number of hydrogen-bond acceptors (Lipinski definition) is 1. The van der Waals surface area contributed by atoms with Gasteiger partial charge in [-0.1, -0.05) is 17.7 Å². The Hall–Kier alpha value is -0.690. The van der Waals surface area contributed by atoms with Crippen molar-refractivity contribution in [2.45, 2.75) is 6.92 Å². The zero-order chi connectivity index (χ0) is 8.43. The first-order valence-electron chi connectivity index (χ1n) is 3.55. The van der Waals surface area contributed by atoms with Crippen molar-refractivity contribution in [1.82, 2.24) is 0 Å². The number of nitrogens with zero attached hydrogens (tertiary/aromatic N) is 1. The second kappa shape index (κ2) is 3.14. The molecule has 0 bridgehead atoms. The van der Waals surface area contributed by atoms with Gasteiger partial charge in [0.2, 0.25) is 0 Å². The molecule has 1 aromatic rings. The molecular weight excluding hydrogens is 158 g/mol. The Balaban J connectivity index is 3.09.